The average molecular weight is 297 g/mol. The zero-order valence-corrected chi connectivity index (χ0v) is 12.1. The van der Waals surface area contributed by atoms with Gasteiger partial charge in [0.05, 0.1) is 6.61 Å². The van der Waals surface area contributed by atoms with Crippen LogP contribution in [0.15, 0.2) is 51.7 Å². The maximum atomic E-state index is 12.1. The number of fused-ring (bicyclic) bond motifs is 3. The van der Waals surface area contributed by atoms with E-state index in [1.165, 1.54) is 0 Å². The van der Waals surface area contributed by atoms with Gasteiger partial charge in [-0.1, -0.05) is 30.3 Å². The van der Waals surface area contributed by atoms with Crippen molar-refractivity contribution in [3.8, 4) is 0 Å². The molecule has 2 aromatic carbocycles. The lowest BCUT2D eigenvalue weighted by Gasteiger charge is -2.06. The molecule has 0 aliphatic carbocycles. The number of carbonyl (C=O) groups excluding carboxylic acids is 1. The predicted molar refractivity (Wildman–Crippen MR) is 84.2 cm³/mol. The molecule has 0 unspecified atom stereocenters. The van der Waals surface area contributed by atoms with Gasteiger partial charge >= 0.3 is 5.63 Å². The van der Waals surface area contributed by atoms with Gasteiger partial charge in [-0.05, 0) is 22.9 Å². The first kappa shape index (κ1) is 14.3. The van der Waals surface area contributed by atoms with Gasteiger partial charge in [-0.25, -0.2) is 4.79 Å². The van der Waals surface area contributed by atoms with Crippen molar-refractivity contribution < 1.29 is 13.9 Å². The third-order valence-electron chi connectivity index (χ3n) is 3.48. The molecule has 1 aromatic heterocycles. The van der Waals surface area contributed by atoms with Crippen LogP contribution in [0.25, 0.3) is 21.7 Å². The smallest absolute Gasteiger partial charge is 0.349 e. The van der Waals surface area contributed by atoms with Gasteiger partial charge in [0, 0.05) is 19.0 Å². The Hall–Kier alpha value is -2.66. The third-order valence-corrected chi connectivity index (χ3v) is 3.48. The number of ether oxygens (including phenoxy) is 1. The quantitative estimate of drug-likeness (QED) is 0.456. The van der Waals surface area contributed by atoms with Crippen LogP contribution in [-0.4, -0.2) is 26.2 Å². The highest BCUT2D eigenvalue weighted by molar-refractivity contribution is 6.07. The van der Waals surface area contributed by atoms with Crippen LogP contribution in [0.1, 0.15) is 10.4 Å². The van der Waals surface area contributed by atoms with Gasteiger partial charge in [0.1, 0.15) is 11.1 Å². The van der Waals surface area contributed by atoms with Crippen molar-refractivity contribution in [1.82, 2.24) is 5.32 Å². The minimum atomic E-state index is -0.641. The molecule has 0 aliphatic rings. The van der Waals surface area contributed by atoms with Gasteiger partial charge in [-0.3, -0.25) is 4.79 Å². The lowest BCUT2D eigenvalue weighted by molar-refractivity contribution is 0.0933. The van der Waals surface area contributed by atoms with Crippen molar-refractivity contribution in [3.05, 3.63) is 58.4 Å². The van der Waals surface area contributed by atoms with Gasteiger partial charge in [-0.2, -0.15) is 0 Å². The first-order valence-electron chi connectivity index (χ1n) is 6.93. The fraction of sp³-hybridized carbons (Fsp3) is 0.176. The lowest BCUT2D eigenvalue weighted by Crippen LogP contribution is -2.30. The molecule has 3 aromatic rings. The summed E-state index contributed by atoms with van der Waals surface area (Å²) >= 11 is 0. The maximum absolute atomic E-state index is 12.1. The number of hydrogen-bond donors (Lipinski definition) is 1. The van der Waals surface area contributed by atoms with Gasteiger partial charge in [0.2, 0.25) is 0 Å². The van der Waals surface area contributed by atoms with E-state index in [4.69, 9.17) is 9.15 Å². The van der Waals surface area contributed by atoms with E-state index in [2.05, 4.69) is 5.32 Å². The second-order valence-electron chi connectivity index (χ2n) is 4.89. The largest absolute Gasteiger partial charge is 0.422 e. The summed E-state index contributed by atoms with van der Waals surface area (Å²) in [5.74, 6) is -0.458. The van der Waals surface area contributed by atoms with Crippen LogP contribution >= 0.6 is 0 Å². The van der Waals surface area contributed by atoms with Crippen molar-refractivity contribution >= 4 is 27.6 Å². The molecule has 112 valence electrons. The number of carbonyl (C=O) groups is 1. The minimum absolute atomic E-state index is 0.0000406. The molecule has 22 heavy (non-hydrogen) atoms. The third kappa shape index (κ3) is 2.58. The van der Waals surface area contributed by atoms with Crippen molar-refractivity contribution in [2.45, 2.75) is 0 Å². The standard InChI is InChI=1S/C17H15NO4/c1-21-9-8-18-16(19)14-10-13-12-5-3-2-4-11(12)6-7-15(13)22-17(14)20/h2-7,10H,8-9H2,1H3,(H,18,19). The lowest BCUT2D eigenvalue weighted by atomic mass is 10.0. The molecule has 0 saturated heterocycles. The van der Waals surface area contributed by atoms with Gasteiger partial charge in [0.15, 0.2) is 0 Å². The van der Waals surface area contributed by atoms with Crippen LogP contribution < -0.4 is 10.9 Å². The van der Waals surface area contributed by atoms with Crippen molar-refractivity contribution in [2.24, 2.45) is 0 Å². The van der Waals surface area contributed by atoms with Crippen LogP contribution in [0.2, 0.25) is 0 Å². The molecule has 5 heteroatoms. The highest BCUT2D eigenvalue weighted by Crippen LogP contribution is 2.24. The van der Waals surface area contributed by atoms with Crippen LogP contribution in [0.4, 0.5) is 0 Å². The van der Waals surface area contributed by atoms with E-state index in [0.717, 1.165) is 16.2 Å². The summed E-state index contributed by atoms with van der Waals surface area (Å²) in [4.78, 5) is 24.1. The van der Waals surface area contributed by atoms with Crippen molar-refractivity contribution in [2.75, 3.05) is 20.3 Å². The molecular weight excluding hydrogens is 282 g/mol. The fourth-order valence-electron chi connectivity index (χ4n) is 2.39. The molecule has 3 rings (SSSR count). The number of nitrogens with one attached hydrogen (secondary N) is 1. The molecule has 0 bridgehead atoms. The molecule has 0 atom stereocenters. The Morgan fingerprint density at radius 1 is 1.18 bits per heavy atom. The molecule has 1 amide bonds. The molecule has 5 nitrogen and oxygen atoms in total. The fourth-order valence-corrected chi connectivity index (χ4v) is 2.39. The predicted octanol–water partition coefficient (Wildman–Crippen LogP) is 2.32. The van der Waals surface area contributed by atoms with Crippen LogP contribution in [-0.2, 0) is 4.74 Å². The Balaban J connectivity index is 2.11. The summed E-state index contributed by atoms with van der Waals surface area (Å²) < 4.78 is 10.2. The zero-order chi connectivity index (χ0) is 15.5. The van der Waals surface area contributed by atoms with Crippen LogP contribution in [0.5, 0.6) is 0 Å². The second kappa shape index (κ2) is 5.99. The van der Waals surface area contributed by atoms with Crippen molar-refractivity contribution in [1.29, 1.82) is 0 Å². The molecule has 0 aliphatic heterocycles. The maximum Gasteiger partial charge on any atom is 0.349 e. The summed E-state index contributed by atoms with van der Waals surface area (Å²) in [6, 6.07) is 13.0. The molecular formula is C17H15NO4. The minimum Gasteiger partial charge on any atom is -0.422 e. The van der Waals surface area contributed by atoms with Crippen LogP contribution in [0.3, 0.4) is 0 Å². The van der Waals surface area contributed by atoms with Gasteiger partial charge in [-0.15, -0.1) is 0 Å². The first-order chi connectivity index (χ1) is 10.7. The molecule has 0 saturated carbocycles. The number of amides is 1. The Bertz CT molecular complexity index is 898. The Morgan fingerprint density at radius 3 is 2.82 bits per heavy atom. The highest BCUT2D eigenvalue weighted by atomic mass is 16.5. The van der Waals surface area contributed by atoms with E-state index in [9.17, 15) is 9.59 Å². The van der Waals surface area contributed by atoms with Crippen molar-refractivity contribution in [3.63, 3.8) is 0 Å². The number of rotatable bonds is 4. The summed E-state index contributed by atoms with van der Waals surface area (Å²) in [5, 5.41) is 5.34. The second-order valence-corrected chi connectivity index (χ2v) is 4.89. The average Bonchev–Trinajstić information content (AvgIpc) is 2.54. The topological polar surface area (TPSA) is 68.5 Å². The van der Waals surface area contributed by atoms with E-state index in [-0.39, 0.29) is 5.56 Å². The van der Waals surface area contributed by atoms with E-state index in [1.54, 1.807) is 19.2 Å². The Labute approximate surface area is 126 Å². The van der Waals surface area contributed by atoms with E-state index >= 15 is 0 Å². The van der Waals surface area contributed by atoms with Gasteiger partial charge < -0.3 is 14.5 Å². The van der Waals surface area contributed by atoms with E-state index in [1.807, 2.05) is 30.3 Å². The SMILES string of the molecule is COCCNC(=O)c1cc2c(ccc3ccccc32)oc1=O. The summed E-state index contributed by atoms with van der Waals surface area (Å²) in [6.07, 6.45) is 0. The number of hydrogen-bond acceptors (Lipinski definition) is 4. The monoisotopic (exact) mass is 297 g/mol. The molecule has 0 radical (unpaired) electrons. The molecule has 0 fully saturated rings. The highest BCUT2D eigenvalue weighted by Gasteiger charge is 2.14. The van der Waals surface area contributed by atoms with Crippen LogP contribution in [0, 0.1) is 0 Å². The van der Waals surface area contributed by atoms with E-state index < -0.39 is 11.5 Å². The number of methoxy groups -OCH3 is 1. The summed E-state index contributed by atoms with van der Waals surface area (Å²) in [5.41, 5.74) is -0.171. The number of benzene rings is 2. The first-order valence-corrected chi connectivity index (χ1v) is 6.93. The van der Waals surface area contributed by atoms with E-state index in [0.29, 0.717) is 18.7 Å². The molecule has 1 N–H and O–H groups in total. The van der Waals surface area contributed by atoms with Gasteiger partial charge in [0.25, 0.3) is 5.91 Å². The normalized spacial score (nSPS) is 11.0. The Kier molecular flexibility index (Phi) is 3.89. The molecule has 0 spiro atoms. The summed E-state index contributed by atoms with van der Waals surface area (Å²) in [7, 11) is 1.54. The zero-order valence-electron chi connectivity index (χ0n) is 12.1. The summed E-state index contributed by atoms with van der Waals surface area (Å²) in [6.45, 7) is 0.718. The molecule has 1 heterocycles. The Morgan fingerprint density at radius 2 is 2.00 bits per heavy atom.